The molecule has 25 heavy (non-hydrogen) atoms. The van der Waals surface area contributed by atoms with Gasteiger partial charge in [0.25, 0.3) is 0 Å². The molecule has 2 aliphatic rings. The molecular formula is C21H33N3O. The minimum atomic E-state index is 0.0650. The lowest BCUT2D eigenvalue weighted by atomic mass is 9.96. The summed E-state index contributed by atoms with van der Waals surface area (Å²) in [4.78, 5) is 17.3. The van der Waals surface area contributed by atoms with Crippen LogP contribution in [-0.4, -0.2) is 44.0 Å². The second-order valence-corrected chi connectivity index (χ2v) is 8.09. The minimum absolute atomic E-state index is 0.0650. The molecular weight excluding hydrogens is 310 g/mol. The fourth-order valence-corrected chi connectivity index (χ4v) is 4.04. The van der Waals surface area contributed by atoms with E-state index < -0.39 is 0 Å². The van der Waals surface area contributed by atoms with Crippen LogP contribution in [0, 0.1) is 11.8 Å². The third-order valence-electron chi connectivity index (χ3n) is 5.90. The first-order chi connectivity index (χ1) is 12.0. The van der Waals surface area contributed by atoms with Gasteiger partial charge in [0.1, 0.15) is 0 Å². The highest BCUT2D eigenvalue weighted by atomic mass is 16.2. The number of carbonyl (C=O) groups excluding carboxylic acids is 1. The lowest BCUT2D eigenvalue weighted by Crippen LogP contribution is -2.42. The van der Waals surface area contributed by atoms with Crippen LogP contribution in [0.15, 0.2) is 24.3 Å². The summed E-state index contributed by atoms with van der Waals surface area (Å²) in [5.41, 5.74) is 2.50. The fourth-order valence-electron chi connectivity index (χ4n) is 4.04. The quantitative estimate of drug-likeness (QED) is 0.910. The predicted molar refractivity (Wildman–Crippen MR) is 104 cm³/mol. The van der Waals surface area contributed by atoms with Gasteiger partial charge in [-0.05, 0) is 69.8 Å². The molecule has 1 N–H and O–H groups in total. The third-order valence-corrected chi connectivity index (χ3v) is 5.90. The number of amides is 1. The normalized spacial score (nSPS) is 24.1. The lowest BCUT2D eigenvalue weighted by molar-refractivity contribution is -0.127. The minimum Gasteiger partial charge on any atom is -0.372 e. The second-order valence-electron chi connectivity index (χ2n) is 8.09. The number of rotatable bonds is 4. The highest BCUT2D eigenvalue weighted by Crippen LogP contribution is 2.25. The number of benzene rings is 1. The van der Waals surface area contributed by atoms with Crippen molar-refractivity contribution in [2.24, 2.45) is 11.8 Å². The zero-order valence-electron chi connectivity index (χ0n) is 16.0. The number of piperidine rings is 2. The van der Waals surface area contributed by atoms with E-state index in [1.54, 1.807) is 0 Å². The first-order valence-electron chi connectivity index (χ1n) is 9.86. The molecule has 0 unspecified atom stereocenters. The Bertz CT molecular complexity index is 563. The maximum Gasteiger partial charge on any atom is 0.224 e. The van der Waals surface area contributed by atoms with E-state index in [0.717, 1.165) is 44.9 Å². The summed E-state index contributed by atoms with van der Waals surface area (Å²) in [5, 5.41) is 3.21. The Kier molecular flexibility index (Phi) is 6.00. The molecule has 4 nitrogen and oxygen atoms in total. The predicted octanol–water partition coefficient (Wildman–Crippen LogP) is 3.44. The molecule has 138 valence electrons. The van der Waals surface area contributed by atoms with Crippen molar-refractivity contribution in [1.29, 1.82) is 0 Å². The van der Waals surface area contributed by atoms with Gasteiger partial charge in [0, 0.05) is 25.3 Å². The van der Waals surface area contributed by atoms with Gasteiger partial charge >= 0.3 is 0 Å². The Hall–Kier alpha value is -1.55. The lowest BCUT2D eigenvalue weighted by Gasteiger charge is -2.32. The summed E-state index contributed by atoms with van der Waals surface area (Å²) < 4.78 is 0. The zero-order chi connectivity index (χ0) is 17.8. The van der Waals surface area contributed by atoms with Crippen molar-refractivity contribution in [3.05, 3.63) is 29.8 Å². The molecule has 2 heterocycles. The second kappa shape index (κ2) is 8.22. The molecule has 0 aromatic heterocycles. The summed E-state index contributed by atoms with van der Waals surface area (Å²) in [5.74, 6) is 1.19. The molecule has 1 aromatic carbocycles. The summed E-state index contributed by atoms with van der Waals surface area (Å²) in [6, 6.07) is 8.83. The van der Waals surface area contributed by atoms with Crippen molar-refractivity contribution in [3.8, 4) is 0 Å². The SMILES string of the molecule is CC1CCN(c2ccc([C@H](C)NC(=O)[C@H]3CCCN(C)C3)cc2)CC1. The standard InChI is InChI=1S/C21H33N3O/c1-16-10-13-24(14-11-16)20-8-6-18(7-9-20)17(2)22-21(25)19-5-4-12-23(3)15-19/h6-9,16-17,19H,4-5,10-15H2,1-3H3,(H,22,25)/t17-,19-/m0/s1. The smallest absolute Gasteiger partial charge is 0.224 e. The van der Waals surface area contributed by atoms with E-state index in [1.165, 1.54) is 24.1 Å². The number of carbonyl (C=O) groups is 1. The van der Waals surface area contributed by atoms with E-state index in [4.69, 9.17) is 0 Å². The van der Waals surface area contributed by atoms with E-state index >= 15 is 0 Å². The van der Waals surface area contributed by atoms with Gasteiger partial charge in [0.15, 0.2) is 0 Å². The van der Waals surface area contributed by atoms with Gasteiger partial charge in [-0.15, -0.1) is 0 Å². The molecule has 2 fully saturated rings. The number of hydrogen-bond donors (Lipinski definition) is 1. The van der Waals surface area contributed by atoms with Crippen LogP contribution in [0.2, 0.25) is 0 Å². The summed E-state index contributed by atoms with van der Waals surface area (Å²) in [6.07, 6.45) is 4.69. The average molecular weight is 344 g/mol. The maximum absolute atomic E-state index is 12.5. The molecule has 0 saturated carbocycles. The fraction of sp³-hybridized carbons (Fsp3) is 0.667. The molecule has 2 atom stereocenters. The van der Waals surface area contributed by atoms with E-state index in [-0.39, 0.29) is 17.9 Å². The van der Waals surface area contributed by atoms with Crippen LogP contribution < -0.4 is 10.2 Å². The largest absolute Gasteiger partial charge is 0.372 e. The van der Waals surface area contributed by atoms with Gasteiger partial charge in [0.2, 0.25) is 5.91 Å². The van der Waals surface area contributed by atoms with E-state index in [0.29, 0.717) is 0 Å². The first-order valence-corrected chi connectivity index (χ1v) is 9.86. The van der Waals surface area contributed by atoms with Crippen LogP contribution >= 0.6 is 0 Å². The molecule has 0 aliphatic carbocycles. The van der Waals surface area contributed by atoms with Crippen molar-refractivity contribution in [3.63, 3.8) is 0 Å². The topological polar surface area (TPSA) is 35.6 Å². The Balaban J connectivity index is 1.55. The Morgan fingerprint density at radius 3 is 2.44 bits per heavy atom. The first kappa shape index (κ1) is 18.2. The summed E-state index contributed by atoms with van der Waals surface area (Å²) in [7, 11) is 2.10. The van der Waals surface area contributed by atoms with Gasteiger partial charge in [-0.25, -0.2) is 0 Å². The van der Waals surface area contributed by atoms with Crippen LogP contribution in [-0.2, 0) is 4.79 Å². The molecule has 3 rings (SSSR count). The van der Waals surface area contributed by atoms with Crippen molar-refractivity contribution < 1.29 is 4.79 Å². The molecule has 0 bridgehead atoms. The van der Waals surface area contributed by atoms with Crippen molar-refractivity contribution in [2.45, 2.75) is 45.6 Å². The Morgan fingerprint density at radius 2 is 1.80 bits per heavy atom. The van der Waals surface area contributed by atoms with Gasteiger partial charge < -0.3 is 15.1 Å². The zero-order valence-corrected chi connectivity index (χ0v) is 16.0. The van der Waals surface area contributed by atoms with E-state index in [9.17, 15) is 4.79 Å². The van der Waals surface area contributed by atoms with Crippen molar-refractivity contribution in [1.82, 2.24) is 10.2 Å². The van der Waals surface area contributed by atoms with Crippen molar-refractivity contribution >= 4 is 11.6 Å². The molecule has 1 aromatic rings. The van der Waals surface area contributed by atoms with Crippen LogP contribution in [0.3, 0.4) is 0 Å². The van der Waals surface area contributed by atoms with Gasteiger partial charge in [-0.3, -0.25) is 4.79 Å². The molecule has 2 saturated heterocycles. The number of nitrogens with zero attached hydrogens (tertiary/aromatic N) is 2. The summed E-state index contributed by atoms with van der Waals surface area (Å²) in [6.45, 7) is 8.72. The molecule has 2 aliphatic heterocycles. The van der Waals surface area contributed by atoms with Crippen LogP contribution in [0.5, 0.6) is 0 Å². The highest BCUT2D eigenvalue weighted by Gasteiger charge is 2.25. The molecule has 0 spiro atoms. The average Bonchev–Trinajstić information content (AvgIpc) is 2.62. The summed E-state index contributed by atoms with van der Waals surface area (Å²) >= 11 is 0. The van der Waals surface area contributed by atoms with Crippen LogP contribution in [0.25, 0.3) is 0 Å². The molecule has 0 radical (unpaired) electrons. The van der Waals surface area contributed by atoms with Gasteiger partial charge in [0.05, 0.1) is 12.0 Å². The van der Waals surface area contributed by atoms with Gasteiger partial charge in [-0.2, -0.15) is 0 Å². The monoisotopic (exact) mass is 343 g/mol. The molecule has 4 heteroatoms. The van der Waals surface area contributed by atoms with Crippen LogP contribution in [0.1, 0.15) is 51.1 Å². The van der Waals surface area contributed by atoms with E-state index in [1.807, 2.05) is 0 Å². The molecule has 1 amide bonds. The third kappa shape index (κ3) is 4.75. The Morgan fingerprint density at radius 1 is 1.12 bits per heavy atom. The maximum atomic E-state index is 12.5. The Labute approximate surface area is 152 Å². The van der Waals surface area contributed by atoms with Crippen molar-refractivity contribution in [2.75, 3.05) is 38.1 Å². The number of hydrogen-bond acceptors (Lipinski definition) is 3. The number of likely N-dealkylation sites (tertiary alicyclic amines) is 1. The highest BCUT2D eigenvalue weighted by molar-refractivity contribution is 5.79. The number of nitrogens with one attached hydrogen (secondary N) is 1. The van der Waals surface area contributed by atoms with E-state index in [2.05, 4.69) is 60.3 Å². The van der Waals surface area contributed by atoms with Gasteiger partial charge in [-0.1, -0.05) is 19.1 Å². The van der Waals surface area contributed by atoms with Crippen LogP contribution in [0.4, 0.5) is 5.69 Å². The number of anilines is 1.